The third kappa shape index (κ3) is 8.98. The van der Waals surface area contributed by atoms with Gasteiger partial charge in [-0.2, -0.15) is 0 Å². The first-order valence-electron chi connectivity index (χ1n) is 14.5. The van der Waals surface area contributed by atoms with Crippen molar-refractivity contribution in [3.63, 3.8) is 0 Å². The van der Waals surface area contributed by atoms with Gasteiger partial charge in [0.25, 0.3) is 0 Å². The maximum absolute atomic E-state index is 6.74. The summed E-state index contributed by atoms with van der Waals surface area (Å²) in [6.45, 7) is 4.18. The van der Waals surface area contributed by atoms with E-state index in [4.69, 9.17) is 23.7 Å². The molecule has 0 radical (unpaired) electrons. The smallest absolute Gasteiger partial charge is 0.132 e. The molecule has 1 aliphatic heterocycles. The summed E-state index contributed by atoms with van der Waals surface area (Å²) in [5, 5.41) is 0. The van der Waals surface area contributed by atoms with Crippen LogP contribution in [-0.4, -0.2) is 47.2 Å². The lowest BCUT2D eigenvalue weighted by Gasteiger charge is -2.46. The minimum atomic E-state index is -0.424. The van der Waals surface area contributed by atoms with Crippen LogP contribution in [0.2, 0.25) is 0 Å². The third-order valence-electron chi connectivity index (χ3n) is 7.04. The second kappa shape index (κ2) is 16.6. The van der Waals surface area contributed by atoms with Crippen molar-refractivity contribution >= 4 is 11.8 Å². The Morgan fingerprint density at radius 3 is 1.67 bits per heavy atom. The number of aromatic nitrogens is 1. The van der Waals surface area contributed by atoms with Crippen molar-refractivity contribution in [3.8, 4) is 0 Å². The van der Waals surface area contributed by atoms with E-state index in [1.54, 1.807) is 18.0 Å². The van der Waals surface area contributed by atoms with E-state index in [1.807, 2.05) is 72.8 Å². The van der Waals surface area contributed by atoms with Crippen LogP contribution in [0, 0.1) is 0 Å². The van der Waals surface area contributed by atoms with Gasteiger partial charge < -0.3 is 23.7 Å². The van der Waals surface area contributed by atoms with E-state index < -0.39 is 6.10 Å². The molecule has 5 rings (SSSR count). The Hall–Kier alpha value is -3.04. The molecule has 1 fully saturated rings. The zero-order chi connectivity index (χ0) is 28.8. The predicted octanol–water partition coefficient (Wildman–Crippen LogP) is 6.83. The minimum Gasteiger partial charge on any atom is -0.372 e. The average Bonchev–Trinajstić information content (AvgIpc) is 3.05. The van der Waals surface area contributed by atoms with Gasteiger partial charge in [0.05, 0.1) is 38.7 Å². The molecule has 0 N–H and O–H groups in total. The molecule has 0 bridgehead atoms. The van der Waals surface area contributed by atoms with Gasteiger partial charge in [-0.25, -0.2) is 0 Å². The summed E-state index contributed by atoms with van der Waals surface area (Å²) < 4.78 is 32.9. The summed E-state index contributed by atoms with van der Waals surface area (Å²) in [6, 6.07) is 36.4. The summed E-state index contributed by atoms with van der Waals surface area (Å²) in [6.07, 6.45) is 0.244. The largest absolute Gasteiger partial charge is 0.372 e. The Morgan fingerprint density at radius 1 is 0.619 bits per heavy atom. The molecular formula is C35H39NO5S. The number of nitrogens with zero attached hydrogens (tertiary/aromatic N) is 1. The number of ether oxygens (including phenoxy) is 5. The van der Waals surface area contributed by atoms with Crippen molar-refractivity contribution in [1.29, 1.82) is 0 Å². The normalized spacial score (nSPS) is 22.2. The molecule has 0 saturated carbocycles. The molecule has 0 amide bonds. The van der Waals surface area contributed by atoms with Crippen LogP contribution < -0.4 is 0 Å². The Labute approximate surface area is 253 Å². The number of rotatable bonds is 15. The van der Waals surface area contributed by atoms with Gasteiger partial charge in [0.2, 0.25) is 0 Å². The first-order chi connectivity index (χ1) is 20.8. The van der Waals surface area contributed by atoms with E-state index >= 15 is 0 Å². The lowest BCUT2D eigenvalue weighted by Crippen LogP contribution is -2.60. The highest BCUT2D eigenvalue weighted by Crippen LogP contribution is 2.35. The van der Waals surface area contributed by atoms with E-state index in [2.05, 4.69) is 48.3 Å². The summed E-state index contributed by atoms with van der Waals surface area (Å²) in [7, 11) is 0. The summed E-state index contributed by atoms with van der Waals surface area (Å²) >= 11 is 1.72. The fraction of sp³-hybridized carbons (Fsp3) is 0.343. The first kappa shape index (κ1) is 30.4. The highest BCUT2D eigenvalue weighted by molar-refractivity contribution is 7.99. The topological polar surface area (TPSA) is 59.0 Å². The van der Waals surface area contributed by atoms with Gasteiger partial charge in [-0.15, -0.1) is 11.8 Å². The van der Waals surface area contributed by atoms with Gasteiger partial charge in [-0.05, 0) is 34.6 Å². The summed E-state index contributed by atoms with van der Waals surface area (Å²) in [5.74, 6) is 0.873. The molecule has 4 aromatic rings. The highest BCUT2D eigenvalue weighted by Gasteiger charge is 2.48. The lowest BCUT2D eigenvalue weighted by molar-refractivity contribution is -0.254. The van der Waals surface area contributed by atoms with Gasteiger partial charge in [-0.1, -0.05) is 104 Å². The molecule has 1 saturated heterocycles. The van der Waals surface area contributed by atoms with Crippen molar-refractivity contribution in [1.82, 2.24) is 4.98 Å². The number of benzene rings is 3. The summed E-state index contributed by atoms with van der Waals surface area (Å²) in [4.78, 5) is 4.40. The Balaban J connectivity index is 1.40. The predicted molar refractivity (Wildman–Crippen MR) is 166 cm³/mol. The number of thioether (sulfide) groups is 1. The molecular weight excluding hydrogens is 546 g/mol. The van der Waals surface area contributed by atoms with E-state index in [9.17, 15) is 0 Å². The molecule has 3 aromatic carbocycles. The molecule has 5 atom stereocenters. The van der Waals surface area contributed by atoms with Gasteiger partial charge >= 0.3 is 0 Å². The monoisotopic (exact) mass is 585 g/mol. The third-order valence-corrected chi connectivity index (χ3v) is 8.08. The molecule has 0 aliphatic carbocycles. The molecule has 6 nitrogen and oxygen atoms in total. The number of hydrogen-bond donors (Lipinski definition) is 0. The van der Waals surface area contributed by atoms with E-state index in [0.29, 0.717) is 33.0 Å². The van der Waals surface area contributed by atoms with E-state index in [0.717, 1.165) is 28.1 Å². The Bertz CT molecular complexity index is 1280. The molecule has 220 valence electrons. The second-order valence-corrected chi connectivity index (χ2v) is 11.5. The van der Waals surface area contributed by atoms with E-state index in [1.165, 1.54) is 0 Å². The van der Waals surface area contributed by atoms with Crippen molar-refractivity contribution in [2.75, 3.05) is 12.4 Å². The second-order valence-electron chi connectivity index (χ2n) is 10.1. The van der Waals surface area contributed by atoms with Crippen LogP contribution in [0.3, 0.4) is 0 Å². The molecule has 1 aliphatic rings. The van der Waals surface area contributed by atoms with E-state index in [-0.39, 0.29) is 23.7 Å². The maximum atomic E-state index is 6.74. The lowest BCUT2D eigenvalue weighted by atomic mass is 9.98. The zero-order valence-corrected chi connectivity index (χ0v) is 24.8. The molecule has 2 heterocycles. The highest BCUT2D eigenvalue weighted by atomic mass is 32.2. The van der Waals surface area contributed by atoms with Crippen LogP contribution in [0.1, 0.15) is 29.3 Å². The average molecular weight is 586 g/mol. The van der Waals surface area contributed by atoms with Crippen molar-refractivity contribution < 1.29 is 23.7 Å². The standard InChI is InChI=1S/C35H39NO5S/c1-2-42-35-34(40-24-29-18-10-5-11-19-29)33(39-23-28-16-8-4-9-17-28)32(38-22-27-14-6-3-7-15-27)31(41-35)26-37-25-30-20-12-13-21-36-30/h3-21,31-35H,2,22-26H2,1H3/t31-,32-,33+,34-,35+/m1/s1. The Kier molecular flexibility index (Phi) is 12.0. The van der Waals surface area contributed by atoms with Gasteiger partial charge in [0.15, 0.2) is 0 Å². The van der Waals surface area contributed by atoms with Gasteiger partial charge in [0, 0.05) is 6.20 Å². The van der Waals surface area contributed by atoms with Crippen molar-refractivity contribution in [2.45, 2.75) is 63.2 Å². The molecule has 0 spiro atoms. The quantitative estimate of drug-likeness (QED) is 0.152. The van der Waals surface area contributed by atoms with Gasteiger partial charge in [0.1, 0.15) is 29.9 Å². The summed E-state index contributed by atoms with van der Waals surface area (Å²) in [5.41, 5.74) is 3.90. The molecule has 42 heavy (non-hydrogen) atoms. The minimum absolute atomic E-state index is 0.250. The fourth-order valence-corrected chi connectivity index (χ4v) is 5.91. The Morgan fingerprint density at radius 2 is 1.14 bits per heavy atom. The first-order valence-corrected chi connectivity index (χ1v) is 15.6. The molecule has 1 aromatic heterocycles. The van der Waals surface area contributed by atoms with Crippen LogP contribution in [0.25, 0.3) is 0 Å². The van der Waals surface area contributed by atoms with Gasteiger partial charge in [-0.3, -0.25) is 4.98 Å². The molecule has 7 heteroatoms. The van der Waals surface area contributed by atoms with Crippen LogP contribution in [-0.2, 0) is 50.1 Å². The number of pyridine rings is 1. The van der Waals surface area contributed by atoms with Crippen LogP contribution in [0.5, 0.6) is 0 Å². The molecule has 0 unspecified atom stereocenters. The zero-order valence-electron chi connectivity index (χ0n) is 24.0. The van der Waals surface area contributed by atoms with Crippen LogP contribution in [0.4, 0.5) is 0 Å². The fourth-order valence-electron chi connectivity index (χ4n) is 4.94. The van der Waals surface area contributed by atoms with Crippen LogP contribution >= 0.6 is 11.8 Å². The van der Waals surface area contributed by atoms with Crippen LogP contribution in [0.15, 0.2) is 115 Å². The van der Waals surface area contributed by atoms with Crippen molar-refractivity contribution in [3.05, 3.63) is 138 Å². The number of hydrogen-bond acceptors (Lipinski definition) is 7. The maximum Gasteiger partial charge on any atom is 0.132 e. The van der Waals surface area contributed by atoms with Crippen molar-refractivity contribution in [2.24, 2.45) is 0 Å². The SMILES string of the molecule is CCS[C@@H]1O[C@H](COCc2ccccn2)[C@@H](OCc2ccccc2)[C@H](OCc2ccccc2)[C@H]1OCc1ccccc1.